The summed E-state index contributed by atoms with van der Waals surface area (Å²) in [5, 5.41) is 2.27. The van der Waals surface area contributed by atoms with Crippen molar-refractivity contribution in [2.75, 3.05) is 18.0 Å². The third-order valence-corrected chi connectivity index (χ3v) is 4.69. The van der Waals surface area contributed by atoms with Gasteiger partial charge in [0, 0.05) is 24.2 Å². The Morgan fingerprint density at radius 2 is 2.24 bits per heavy atom. The number of hydrogen-bond donors (Lipinski definition) is 1. The molecule has 2 heterocycles. The standard InChI is InChI=1S/C11H11Cl2N3S/c12-6-3-8(13)10-9(4-6)15-11(17-10)16-2-1-7(14)5-16/h3-4,7H,1-2,5,14H2. The number of thiazole rings is 1. The third kappa shape index (κ3) is 2.10. The van der Waals surface area contributed by atoms with Crippen LogP contribution >= 0.6 is 34.5 Å². The van der Waals surface area contributed by atoms with Crippen molar-refractivity contribution in [2.45, 2.75) is 12.5 Å². The predicted molar refractivity (Wildman–Crippen MR) is 74.4 cm³/mol. The summed E-state index contributed by atoms with van der Waals surface area (Å²) in [6.07, 6.45) is 1.02. The fraction of sp³-hybridized carbons (Fsp3) is 0.364. The summed E-state index contributed by atoms with van der Waals surface area (Å²) in [7, 11) is 0. The Bertz CT molecular complexity index is 569. The van der Waals surface area contributed by atoms with Gasteiger partial charge in [-0.05, 0) is 18.6 Å². The Morgan fingerprint density at radius 1 is 1.41 bits per heavy atom. The lowest BCUT2D eigenvalue weighted by atomic mass is 10.3. The molecule has 1 aliphatic heterocycles. The highest BCUT2D eigenvalue weighted by Gasteiger charge is 2.22. The van der Waals surface area contributed by atoms with Gasteiger partial charge in [-0.15, -0.1) is 0 Å². The van der Waals surface area contributed by atoms with Crippen LogP contribution in [0.25, 0.3) is 10.2 Å². The van der Waals surface area contributed by atoms with E-state index in [4.69, 9.17) is 28.9 Å². The molecule has 1 saturated heterocycles. The van der Waals surface area contributed by atoms with Crippen LogP contribution in [0, 0.1) is 0 Å². The molecule has 0 spiro atoms. The van der Waals surface area contributed by atoms with Gasteiger partial charge in [-0.1, -0.05) is 34.5 Å². The first kappa shape index (κ1) is 11.5. The van der Waals surface area contributed by atoms with Gasteiger partial charge in [0.15, 0.2) is 5.13 Å². The van der Waals surface area contributed by atoms with Gasteiger partial charge in [-0.3, -0.25) is 0 Å². The normalized spacial score (nSPS) is 20.4. The van der Waals surface area contributed by atoms with Crippen molar-refractivity contribution >= 4 is 49.9 Å². The van der Waals surface area contributed by atoms with Crippen LogP contribution in [0.15, 0.2) is 12.1 Å². The van der Waals surface area contributed by atoms with E-state index in [0.29, 0.717) is 10.0 Å². The molecule has 90 valence electrons. The summed E-state index contributed by atoms with van der Waals surface area (Å²) < 4.78 is 0.992. The summed E-state index contributed by atoms with van der Waals surface area (Å²) in [6, 6.07) is 3.85. The van der Waals surface area contributed by atoms with Gasteiger partial charge in [-0.2, -0.15) is 0 Å². The Hall–Kier alpha value is -0.550. The van der Waals surface area contributed by atoms with Crippen molar-refractivity contribution in [1.29, 1.82) is 0 Å². The predicted octanol–water partition coefficient (Wildman–Crippen LogP) is 3.14. The minimum absolute atomic E-state index is 0.251. The zero-order valence-corrected chi connectivity index (χ0v) is 11.3. The van der Waals surface area contributed by atoms with Crippen LogP contribution in [0.2, 0.25) is 10.0 Å². The quantitative estimate of drug-likeness (QED) is 0.876. The van der Waals surface area contributed by atoms with E-state index >= 15 is 0 Å². The molecule has 17 heavy (non-hydrogen) atoms. The van der Waals surface area contributed by atoms with Crippen molar-refractivity contribution in [3.63, 3.8) is 0 Å². The number of aromatic nitrogens is 1. The number of nitrogens with two attached hydrogens (primary N) is 1. The van der Waals surface area contributed by atoms with E-state index in [0.717, 1.165) is 34.9 Å². The molecule has 3 nitrogen and oxygen atoms in total. The topological polar surface area (TPSA) is 42.1 Å². The average Bonchev–Trinajstić information content (AvgIpc) is 2.83. The van der Waals surface area contributed by atoms with Gasteiger partial charge in [-0.25, -0.2) is 4.98 Å². The van der Waals surface area contributed by atoms with Crippen molar-refractivity contribution < 1.29 is 0 Å². The first-order valence-corrected chi connectivity index (χ1v) is 6.97. The smallest absolute Gasteiger partial charge is 0.186 e. The Labute approximate surface area is 113 Å². The van der Waals surface area contributed by atoms with Crippen molar-refractivity contribution in [3.05, 3.63) is 22.2 Å². The molecule has 1 unspecified atom stereocenters. The largest absolute Gasteiger partial charge is 0.346 e. The van der Waals surface area contributed by atoms with Gasteiger partial charge >= 0.3 is 0 Å². The van der Waals surface area contributed by atoms with Crippen LogP contribution in [0.1, 0.15) is 6.42 Å². The zero-order chi connectivity index (χ0) is 12.0. The fourth-order valence-electron chi connectivity index (χ4n) is 2.04. The van der Waals surface area contributed by atoms with Gasteiger partial charge in [0.1, 0.15) is 0 Å². The molecule has 0 bridgehead atoms. The van der Waals surface area contributed by atoms with Crippen LogP contribution in [-0.2, 0) is 0 Å². The Morgan fingerprint density at radius 3 is 2.94 bits per heavy atom. The van der Waals surface area contributed by atoms with Crippen molar-refractivity contribution in [1.82, 2.24) is 4.98 Å². The molecular weight excluding hydrogens is 277 g/mol. The van der Waals surface area contributed by atoms with E-state index in [1.807, 2.05) is 6.07 Å². The number of hydrogen-bond acceptors (Lipinski definition) is 4. The molecule has 0 radical (unpaired) electrons. The fourth-order valence-corrected chi connectivity index (χ4v) is 3.63. The molecule has 1 aromatic heterocycles. The summed E-state index contributed by atoms with van der Waals surface area (Å²) in [4.78, 5) is 6.78. The highest BCUT2D eigenvalue weighted by Crippen LogP contribution is 2.36. The molecular formula is C11H11Cl2N3S. The van der Waals surface area contributed by atoms with Crippen LogP contribution < -0.4 is 10.6 Å². The lowest BCUT2D eigenvalue weighted by Crippen LogP contribution is -2.26. The first-order chi connectivity index (χ1) is 8.13. The number of rotatable bonds is 1. The van der Waals surface area contributed by atoms with E-state index in [2.05, 4.69) is 9.88 Å². The molecule has 1 fully saturated rings. The molecule has 1 aliphatic rings. The second-order valence-corrected chi connectivity index (χ2v) is 6.05. The van der Waals surface area contributed by atoms with Crippen LogP contribution in [0.3, 0.4) is 0 Å². The minimum atomic E-state index is 0.251. The van der Waals surface area contributed by atoms with Gasteiger partial charge < -0.3 is 10.6 Å². The monoisotopic (exact) mass is 287 g/mol. The maximum absolute atomic E-state index is 6.15. The summed E-state index contributed by atoms with van der Waals surface area (Å²) in [5.74, 6) is 0. The Kier molecular flexibility index (Phi) is 2.91. The van der Waals surface area contributed by atoms with Gasteiger partial charge in [0.2, 0.25) is 0 Å². The van der Waals surface area contributed by atoms with E-state index < -0.39 is 0 Å². The maximum atomic E-state index is 6.15. The van der Waals surface area contributed by atoms with Crippen LogP contribution in [-0.4, -0.2) is 24.1 Å². The Balaban J connectivity index is 2.04. The average molecular weight is 288 g/mol. The van der Waals surface area contributed by atoms with Gasteiger partial charge in [0.25, 0.3) is 0 Å². The maximum Gasteiger partial charge on any atom is 0.186 e. The molecule has 0 amide bonds. The van der Waals surface area contributed by atoms with E-state index in [1.54, 1.807) is 17.4 Å². The minimum Gasteiger partial charge on any atom is -0.346 e. The highest BCUT2D eigenvalue weighted by atomic mass is 35.5. The second kappa shape index (κ2) is 4.28. The summed E-state index contributed by atoms with van der Waals surface area (Å²) >= 11 is 13.7. The molecule has 2 aromatic rings. The van der Waals surface area contributed by atoms with Crippen LogP contribution in [0.5, 0.6) is 0 Å². The number of fused-ring (bicyclic) bond motifs is 1. The number of nitrogens with zero attached hydrogens (tertiary/aromatic N) is 2. The van der Waals surface area contributed by atoms with E-state index in [-0.39, 0.29) is 6.04 Å². The lowest BCUT2D eigenvalue weighted by molar-refractivity contribution is 0.752. The molecule has 1 atom stereocenters. The number of anilines is 1. The number of benzene rings is 1. The SMILES string of the molecule is NC1CCN(c2nc3cc(Cl)cc(Cl)c3s2)C1. The van der Waals surface area contributed by atoms with Crippen molar-refractivity contribution in [3.8, 4) is 0 Å². The van der Waals surface area contributed by atoms with Gasteiger partial charge in [0.05, 0.1) is 15.2 Å². The molecule has 6 heteroatoms. The lowest BCUT2D eigenvalue weighted by Gasteiger charge is -2.12. The summed E-state index contributed by atoms with van der Waals surface area (Å²) in [6.45, 7) is 1.83. The first-order valence-electron chi connectivity index (χ1n) is 5.39. The highest BCUT2D eigenvalue weighted by molar-refractivity contribution is 7.22. The second-order valence-electron chi connectivity index (χ2n) is 4.23. The van der Waals surface area contributed by atoms with Crippen LogP contribution in [0.4, 0.5) is 5.13 Å². The third-order valence-electron chi connectivity index (χ3n) is 2.89. The molecule has 1 aromatic carbocycles. The number of halogens is 2. The molecule has 3 rings (SSSR count). The van der Waals surface area contributed by atoms with E-state index in [1.165, 1.54) is 0 Å². The zero-order valence-electron chi connectivity index (χ0n) is 8.99. The molecule has 2 N–H and O–H groups in total. The van der Waals surface area contributed by atoms with Crippen molar-refractivity contribution in [2.24, 2.45) is 5.73 Å². The summed E-state index contributed by atoms with van der Waals surface area (Å²) in [5.41, 5.74) is 6.76. The molecule has 0 saturated carbocycles. The van der Waals surface area contributed by atoms with E-state index in [9.17, 15) is 0 Å². The molecule has 0 aliphatic carbocycles.